The van der Waals surface area contributed by atoms with Gasteiger partial charge in [-0.15, -0.1) is 0 Å². The molecule has 5 heteroatoms. The number of hydrogen-bond donors (Lipinski definition) is 1. The minimum absolute atomic E-state index is 0.331. The van der Waals surface area contributed by atoms with Crippen LogP contribution in [0.4, 0.5) is 4.79 Å². The number of likely N-dealkylation sites (N-methyl/N-ethyl adjacent to an activating group) is 1. The van der Waals surface area contributed by atoms with Gasteiger partial charge in [-0.1, -0.05) is 0 Å². The Kier molecular flexibility index (Phi) is 5.62. The van der Waals surface area contributed by atoms with E-state index < -0.39 is 5.60 Å². The van der Waals surface area contributed by atoms with Crippen molar-refractivity contribution in [3.63, 3.8) is 0 Å². The van der Waals surface area contributed by atoms with Crippen LogP contribution in [0.5, 0.6) is 0 Å². The van der Waals surface area contributed by atoms with Crippen LogP contribution in [-0.2, 0) is 4.74 Å². The average Bonchev–Trinajstić information content (AvgIpc) is 2.22. The van der Waals surface area contributed by atoms with Gasteiger partial charge in [-0.2, -0.15) is 0 Å². The van der Waals surface area contributed by atoms with Crippen molar-refractivity contribution < 1.29 is 9.53 Å². The predicted octanol–water partition coefficient (Wildman–Crippen LogP) is 1.54. The SMILES string of the molecule is C[C@@H]1CN(CCNC(=O)OC(C)(C)C)[C@@H](C)CN1C. The Balaban J connectivity index is 2.27. The molecule has 112 valence electrons. The first-order valence-corrected chi connectivity index (χ1v) is 7.10. The largest absolute Gasteiger partial charge is 0.444 e. The number of carbonyl (C=O) groups excluding carboxylic acids is 1. The lowest BCUT2D eigenvalue weighted by atomic mass is 10.1. The lowest BCUT2D eigenvalue weighted by Crippen LogP contribution is -2.56. The summed E-state index contributed by atoms with van der Waals surface area (Å²) in [5, 5.41) is 2.82. The van der Waals surface area contributed by atoms with Crippen molar-refractivity contribution in [2.24, 2.45) is 0 Å². The minimum atomic E-state index is -0.431. The maximum Gasteiger partial charge on any atom is 0.407 e. The predicted molar refractivity (Wildman–Crippen MR) is 77.4 cm³/mol. The summed E-state index contributed by atoms with van der Waals surface area (Å²) >= 11 is 0. The summed E-state index contributed by atoms with van der Waals surface area (Å²) in [6.45, 7) is 13.7. The molecule has 0 aromatic carbocycles. The van der Waals surface area contributed by atoms with Crippen molar-refractivity contribution in [2.75, 3.05) is 33.2 Å². The second-order valence-electron chi connectivity index (χ2n) is 6.56. The standard InChI is InChI=1S/C14H29N3O2/c1-11-10-17(12(2)9-16(11)6)8-7-15-13(18)19-14(3,4)5/h11-12H,7-10H2,1-6H3,(H,15,18)/t11-,12+/m1/s1. The lowest BCUT2D eigenvalue weighted by molar-refractivity contribution is 0.0461. The molecule has 0 saturated carbocycles. The fraction of sp³-hybridized carbons (Fsp3) is 0.929. The van der Waals surface area contributed by atoms with Gasteiger partial charge in [-0.3, -0.25) is 4.90 Å². The molecular weight excluding hydrogens is 242 g/mol. The summed E-state index contributed by atoms with van der Waals surface area (Å²) in [4.78, 5) is 16.3. The van der Waals surface area contributed by atoms with E-state index in [1.165, 1.54) is 0 Å². The zero-order chi connectivity index (χ0) is 14.6. The van der Waals surface area contributed by atoms with Crippen LogP contribution in [0, 0.1) is 0 Å². The number of alkyl carbamates (subject to hydrolysis) is 1. The zero-order valence-corrected chi connectivity index (χ0v) is 13.2. The van der Waals surface area contributed by atoms with Gasteiger partial charge in [0.15, 0.2) is 0 Å². The van der Waals surface area contributed by atoms with Gasteiger partial charge in [0.25, 0.3) is 0 Å². The quantitative estimate of drug-likeness (QED) is 0.845. The second kappa shape index (κ2) is 6.57. The molecule has 1 aliphatic rings. The fourth-order valence-electron chi connectivity index (χ4n) is 2.30. The summed E-state index contributed by atoms with van der Waals surface area (Å²) in [6.07, 6.45) is -0.331. The van der Waals surface area contributed by atoms with Crippen molar-refractivity contribution in [2.45, 2.75) is 52.3 Å². The number of piperazine rings is 1. The third kappa shape index (κ3) is 5.78. The Morgan fingerprint density at radius 3 is 2.47 bits per heavy atom. The molecule has 1 aliphatic heterocycles. The van der Waals surface area contributed by atoms with Gasteiger partial charge in [0.2, 0.25) is 0 Å². The molecule has 0 aromatic heterocycles. The van der Waals surface area contributed by atoms with E-state index in [0.717, 1.165) is 19.6 Å². The Morgan fingerprint density at radius 2 is 1.89 bits per heavy atom. The van der Waals surface area contributed by atoms with E-state index in [-0.39, 0.29) is 6.09 Å². The molecule has 5 nitrogen and oxygen atoms in total. The van der Waals surface area contributed by atoms with Gasteiger partial charge in [0.1, 0.15) is 5.60 Å². The van der Waals surface area contributed by atoms with Gasteiger partial charge in [-0.05, 0) is 41.7 Å². The van der Waals surface area contributed by atoms with E-state index in [1.54, 1.807) is 0 Å². The van der Waals surface area contributed by atoms with Crippen LogP contribution in [0.15, 0.2) is 0 Å². The maximum atomic E-state index is 11.5. The maximum absolute atomic E-state index is 11.5. The van der Waals surface area contributed by atoms with E-state index >= 15 is 0 Å². The number of hydrogen-bond acceptors (Lipinski definition) is 4. The van der Waals surface area contributed by atoms with Gasteiger partial charge in [0, 0.05) is 38.3 Å². The first-order valence-electron chi connectivity index (χ1n) is 7.10. The highest BCUT2D eigenvalue weighted by molar-refractivity contribution is 5.67. The summed E-state index contributed by atoms with van der Waals surface area (Å²) in [6, 6.07) is 1.10. The molecule has 1 saturated heterocycles. The van der Waals surface area contributed by atoms with Crippen LogP contribution in [0.1, 0.15) is 34.6 Å². The molecule has 0 spiro atoms. The monoisotopic (exact) mass is 271 g/mol. The minimum Gasteiger partial charge on any atom is -0.444 e. The Hall–Kier alpha value is -0.810. The highest BCUT2D eigenvalue weighted by Gasteiger charge is 2.26. The Labute approximate surface area is 117 Å². The number of nitrogens with one attached hydrogen (secondary N) is 1. The molecule has 0 bridgehead atoms. The molecule has 0 radical (unpaired) electrons. The topological polar surface area (TPSA) is 44.8 Å². The van der Waals surface area contributed by atoms with E-state index in [9.17, 15) is 4.79 Å². The van der Waals surface area contributed by atoms with E-state index in [4.69, 9.17) is 4.74 Å². The molecule has 0 aliphatic carbocycles. The van der Waals surface area contributed by atoms with Crippen LogP contribution in [-0.4, -0.2) is 66.8 Å². The zero-order valence-electron chi connectivity index (χ0n) is 13.2. The molecule has 1 amide bonds. The molecule has 1 fully saturated rings. The lowest BCUT2D eigenvalue weighted by Gasteiger charge is -2.42. The fourth-order valence-corrected chi connectivity index (χ4v) is 2.30. The van der Waals surface area contributed by atoms with Crippen molar-refractivity contribution in [3.8, 4) is 0 Å². The van der Waals surface area contributed by atoms with Gasteiger partial charge >= 0.3 is 6.09 Å². The normalized spacial score (nSPS) is 26.2. The third-order valence-electron chi connectivity index (χ3n) is 3.49. The van der Waals surface area contributed by atoms with Crippen LogP contribution in [0.2, 0.25) is 0 Å². The number of carbonyl (C=O) groups is 1. The second-order valence-corrected chi connectivity index (χ2v) is 6.56. The average molecular weight is 271 g/mol. The summed E-state index contributed by atoms with van der Waals surface area (Å²) in [5.74, 6) is 0. The summed E-state index contributed by atoms with van der Waals surface area (Å²) in [5.41, 5.74) is -0.431. The number of ether oxygens (including phenoxy) is 1. The van der Waals surface area contributed by atoms with Crippen LogP contribution in [0.25, 0.3) is 0 Å². The number of rotatable bonds is 3. The van der Waals surface area contributed by atoms with Crippen molar-refractivity contribution in [3.05, 3.63) is 0 Å². The van der Waals surface area contributed by atoms with Crippen LogP contribution in [0.3, 0.4) is 0 Å². The number of nitrogens with zero attached hydrogens (tertiary/aromatic N) is 2. The highest BCUT2D eigenvalue weighted by atomic mass is 16.6. The molecule has 2 atom stereocenters. The summed E-state index contributed by atoms with van der Waals surface area (Å²) in [7, 11) is 2.16. The molecule has 1 heterocycles. The Bertz CT molecular complexity index is 302. The van der Waals surface area contributed by atoms with Crippen LogP contribution >= 0.6 is 0 Å². The molecule has 1 rings (SSSR count). The van der Waals surface area contributed by atoms with Gasteiger partial charge in [0.05, 0.1) is 0 Å². The molecule has 0 unspecified atom stereocenters. The van der Waals surface area contributed by atoms with E-state index in [1.807, 2.05) is 20.8 Å². The number of amides is 1. The van der Waals surface area contributed by atoms with Crippen LogP contribution < -0.4 is 5.32 Å². The van der Waals surface area contributed by atoms with Crippen molar-refractivity contribution in [1.29, 1.82) is 0 Å². The van der Waals surface area contributed by atoms with Crippen molar-refractivity contribution in [1.82, 2.24) is 15.1 Å². The van der Waals surface area contributed by atoms with E-state index in [0.29, 0.717) is 18.6 Å². The molecule has 0 aromatic rings. The van der Waals surface area contributed by atoms with Gasteiger partial charge in [-0.25, -0.2) is 4.79 Å². The first-order chi connectivity index (χ1) is 8.69. The molecule has 19 heavy (non-hydrogen) atoms. The third-order valence-corrected chi connectivity index (χ3v) is 3.49. The molecule has 1 N–H and O–H groups in total. The summed E-state index contributed by atoms with van der Waals surface area (Å²) < 4.78 is 5.22. The molecular formula is C14H29N3O2. The smallest absolute Gasteiger partial charge is 0.407 e. The highest BCUT2D eigenvalue weighted by Crippen LogP contribution is 2.12. The first kappa shape index (κ1) is 16.2. The van der Waals surface area contributed by atoms with Crippen molar-refractivity contribution >= 4 is 6.09 Å². The van der Waals surface area contributed by atoms with Gasteiger partial charge < -0.3 is 15.0 Å². The Morgan fingerprint density at radius 1 is 1.26 bits per heavy atom. The van der Waals surface area contributed by atoms with E-state index in [2.05, 4.69) is 36.0 Å².